The third kappa shape index (κ3) is 2.20. The average molecular weight is 372 g/mol. The minimum Gasteiger partial charge on any atom is -0.282 e. The minimum absolute atomic E-state index is 0.539. The number of hydrogen-bond donors (Lipinski definition) is 0. The summed E-state index contributed by atoms with van der Waals surface area (Å²) in [4.78, 5) is 6.16. The van der Waals surface area contributed by atoms with Crippen LogP contribution in [0.4, 0.5) is 0 Å². The van der Waals surface area contributed by atoms with E-state index >= 15 is 0 Å². The molecule has 2 aliphatic heterocycles. The van der Waals surface area contributed by atoms with Gasteiger partial charge in [-0.1, -0.05) is 48.2 Å². The molecule has 1 aromatic heterocycles. The van der Waals surface area contributed by atoms with Gasteiger partial charge in [0, 0.05) is 37.5 Å². The summed E-state index contributed by atoms with van der Waals surface area (Å²) in [5, 5.41) is 4.07. The second-order valence-electron chi connectivity index (χ2n) is 7.08. The predicted octanol–water partition coefficient (Wildman–Crippen LogP) is 7.10. The van der Waals surface area contributed by atoms with Crippen molar-refractivity contribution < 1.29 is 0 Å². The molecular formula is C23H17NS2. The van der Waals surface area contributed by atoms with Gasteiger partial charge in [0.15, 0.2) is 0 Å². The molecule has 0 aliphatic carbocycles. The maximum Gasteiger partial charge on any atom is 0.0798 e. The molecule has 3 heterocycles. The van der Waals surface area contributed by atoms with Crippen LogP contribution in [-0.2, 0) is 0 Å². The van der Waals surface area contributed by atoms with Crippen LogP contribution < -0.4 is 0 Å². The Kier molecular flexibility index (Phi) is 3.29. The van der Waals surface area contributed by atoms with Crippen molar-refractivity contribution in [3.63, 3.8) is 0 Å². The SMILES string of the molecule is c1ccc2c(c1)sc1cc(-c3ccc4c(c3)C3CCCN=C3S4)ccc12. The number of thiophene rings is 1. The number of aliphatic imine (C=N–C) groups is 1. The van der Waals surface area contributed by atoms with Crippen molar-refractivity contribution in [3.8, 4) is 11.1 Å². The van der Waals surface area contributed by atoms with E-state index in [0.717, 1.165) is 6.54 Å². The lowest BCUT2D eigenvalue weighted by atomic mass is 9.91. The summed E-state index contributed by atoms with van der Waals surface area (Å²) in [6, 6.07) is 22.6. The summed E-state index contributed by atoms with van der Waals surface area (Å²) >= 11 is 3.77. The zero-order valence-electron chi connectivity index (χ0n) is 14.2. The summed E-state index contributed by atoms with van der Waals surface area (Å²) in [7, 11) is 0. The molecule has 6 rings (SSSR count). The van der Waals surface area contributed by atoms with E-state index in [9.17, 15) is 0 Å². The highest BCUT2D eigenvalue weighted by Crippen LogP contribution is 2.47. The molecule has 0 saturated heterocycles. The van der Waals surface area contributed by atoms with Gasteiger partial charge in [-0.15, -0.1) is 11.3 Å². The van der Waals surface area contributed by atoms with Gasteiger partial charge in [0.2, 0.25) is 0 Å². The third-order valence-electron chi connectivity index (χ3n) is 5.53. The third-order valence-corrected chi connectivity index (χ3v) is 7.88. The molecule has 0 bridgehead atoms. The van der Waals surface area contributed by atoms with Gasteiger partial charge in [0.05, 0.1) is 5.04 Å². The molecule has 1 atom stereocenters. The molecule has 3 aromatic carbocycles. The topological polar surface area (TPSA) is 12.4 Å². The molecule has 0 spiro atoms. The number of fused-ring (bicyclic) bond motifs is 6. The molecule has 0 N–H and O–H groups in total. The van der Waals surface area contributed by atoms with Gasteiger partial charge in [-0.05, 0) is 53.8 Å². The highest BCUT2D eigenvalue weighted by Gasteiger charge is 2.31. The Hall–Kier alpha value is -2.10. The van der Waals surface area contributed by atoms with Gasteiger partial charge in [0.1, 0.15) is 0 Å². The van der Waals surface area contributed by atoms with E-state index in [2.05, 4.69) is 60.7 Å². The van der Waals surface area contributed by atoms with Gasteiger partial charge in [0.25, 0.3) is 0 Å². The normalized spacial score (nSPS) is 18.8. The monoisotopic (exact) mass is 371 g/mol. The van der Waals surface area contributed by atoms with Crippen molar-refractivity contribution in [1.29, 1.82) is 0 Å². The van der Waals surface area contributed by atoms with Crippen LogP contribution in [-0.4, -0.2) is 11.6 Å². The van der Waals surface area contributed by atoms with Crippen LogP contribution in [0.3, 0.4) is 0 Å². The second kappa shape index (κ2) is 5.70. The van der Waals surface area contributed by atoms with Crippen molar-refractivity contribution >= 4 is 48.3 Å². The van der Waals surface area contributed by atoms with Crippen LogP contribution >= 0.6 is 23.1 Å². The van der Waals surface area contributed by atoms with Crippen molar-refractivity contribution in [2.75, 3.05) is 6.54 Å². The quantitative estimate of drug-likeness (QED) is 0.347. The number of nitrogens with zero attached hydrogens (tertiary/aromatic N) is 1. The summed E-state index contributed by atoms with van der Waals surface area (Å²) in [5.41, 5.74) is 4.14. The van der Waals surface area contributed by atoms with Crippen LogP contribution in [0.1, 0.15) is 24.3 Å². The maximum absolute atomic E-state index is 4.76. The van der Waals surface area contributed by atoms with Gasteiger partial charge in [-0.2, -0.15) is 0 Å². The molecule has 1 unspecified atom stereocenters. The summed E-state index contributed by atoms with van der Waals surface area (Å²) in [5.74, 6) is 0.539. The standard InChI is InChI=1S/C23H17NS2/c1-2-6-20-16(4-1)17-9-7-15(13-22(17)25-20)14-8-10-21-19(12-14)18-5-3-11-24-23(18)26-21/h1-2,4,6-10,12-13,18H,3,5,11H2. The Balaban J connectivity index is 1.48. The molecule has 2 aliphatic rings. The lowest BCUT2D eigenvalue weighted by Gasteiger charge is -2.16. The first kappa shape index (κ1) is 15.0. The van der Waals surface area contributed by atoms with Crippen LogP contribution in [0.15, 0.2) is 70.6 Å². The van der Waals surface area contributed by atoms with Crippen LogP contribution in [0.5, 0.6) is 0 Å². The van der Waals surface area contributed by atoms with E-state index in [1.165, 1.54) is 59.6 Å². The van der Waals surface area contributed by atoms with E-state index in [0.29, 0.717) is 5.92 Å². The first-order valence-electron chi connectivity index (χ1n) is 9.15. The van der Waals surface area contributed by atoms with Gasteiger partial charge >= 0.3 is 0 Å². The number of benzene rings is 3. The Morgan fingerprint density at radius 3 is 2.69 bits per heavy atom. The summed E-state index contributed by atoms with van der Waals surface area (Å²) in [6.45, 7) is 1.00. The zero-order valence-corrected chi connectivity index (χ0v) is 15.9. The molecule has 0 fully saturated rings. The molecule has 126 valence electrons. The van der Waals surface area contributed by atoms with Crippen LogP contribution in [0.25, 0.3) is 31.3 Å². The maximum atomic E-state index is 4.76. The largest absolute Gasteiger partial charge is 0.282 e. The number of rotatable bonds is 1. The fraction of sp³-hybridized carbons (Fsp3) is 0.174. The van der Waals surface area contributed by atoms with Gasteiger partial charge < -0.3 is 0 Å². The van der Waals surface area contributed by atoms with Crippen molar-refractivity contribution in [2.45, 2.75) is 23.7 Å². The zero-order chi connectivity index (χ0) is 17.1. The van der Waals surface area contributed by atoms with Gasteiger partial charge in [-0.25, -0.2) is 0 Å². The Morgan fingerprint density at radius 2 is 1.69 bits per heavy atom. The highest BCUT2D eigenvalue weighted by molar-refractivity contribution is 8.14. The second-order valence-corrected chi connectivity index (χ2v) is 9.22. The molecule has 1 nitrogen and oxygen atoms in total. The summed E-state index contributed by atoms with van der Waals surface area (Å²) < 4.78 is 2.74. The Labute approximate surface area is 160 Å². The van der Waals surface area contributed by atoms with E-state index in [1.54, 1.807) is 0 Å². The van der Waals surface area contributed by atoms with Crippen molar-refractivity contribution in [2.24, 2.45) is 4.99 Å². The van der Waals surface area contributed by atoms with Crippen molar-refractivity contribution in [3.05, 3.63) is 66.2 Å². The fourth-order valence-corrected chi connectivity index (χ4v) is 6.59. The lowest BCUT2D eigenvalue weighted by Crippen LogP contribution is -2.10. The first-order valence-corrected chi connectivity index (χ1v) is 10.8. The molecule has 0 amide bonds. The molecule has 3 heteroatoms. The molecular weight excluding hydrogens is 354 g/mol. The number of thioether (sulfide) groups is 1. The van der Waals surface area contributed by atoms with E-state index in [1.807, 2.05) is 23.1 Å². The predicted molar refractivity (Wildman–Crippen MR) is 115 cm³/mol. The van der Waals surface area contributed by atoms with Crippen LogP contribution in [0.2, 0.25) is 0 Å². The highest BCUT2D eigenvalue weighted by atomic mass is 32.2. The minimum atomic E-state index is 0.539. The summed E-state index contributed by atoms with van der Waals surface area (Å²) in [6.07, 6.45) is 2.46. The van der Waals surface area contributed by atoms with E-state index in [4.69, 9.17) is 4.99 Å². The lowest BCUT2D eigenvalue weighted by molar-refractivity contribution is 0.678. The Morgan fingerprint density at radius 1 is 0.846 bits per heavy atom. The first-order chi connectivity index (χ1) is 12.9. The smallest absolute Gasteiger partial charge is 0.0798 e. The van der Waals surface area contributed by atoms with Gasteiger partial charge in [-0.3, -0.25) is 4.99 Å². The van der Waals surface area contributed by atoms with Crippen LogP contribution in [0, 0.1) is 0 Å². The number of hydrogen-bond acceptors (Lipinski definition) is 3. The fourth-order valence-electron chi connectivity index (χ4n) is 4.22. The molecule has 26 heavy (non-hydrogen) atoms. The molecule has 4 aromatic rings. The molecule has 0 radical (unpaired) electrons. The average Bonchev–Trinajstić information content (AvgIpc) is 3.25. The van der Waals surface area contributed by atoms with E-state index in [-0.39, 0.29) is 0 Å². The molecule has 0 saturated carbocycles. The van der Waals surface area contributed by atoms with E-state index < -0.39 is 0 Å². The van der Waals surface area contributed by atoms with Crippen molar-refractivity contribution in [1.82, 2.24) is 0 Å². The Bertz CT molecular complexity index is 1200.